The zero-order chi connectivity index (χ0) is 13.7. The summed E-state index contributed by atoms with van der Waals surface area (Å²) < 4.78 is 0. The first-order valence-electron chi connectivity index (χ1n) is 6.53. The first-order chi connectivity index (χ1) is 9.16. The molecule has 0 unspecified atom stereocenters. The average Bonchev–Trinajstić information content (AvgIpc) is 2.89. The lowest BCUT2D eigenvalue weighted by atomic mass is 10.2. The molecule has 1 aromatic rings. The van der Waals surface area contributed by atoms with E-state index < -0.39 is 4.92 Å². The van der Waals surface area contributed by atoms with E-state index in [9.17, 15) is 10.1 Å². The van der Waals surface area contributed by atoms with Crippen LogP contribution in [-0.4, -0.2) is 36.0 Å². The Balaban J connectivity index is 1.81. The fourth-order valence-electron chi connectivity index (χ4n) is 2.28. The Kier molecular flexibility index (Phi) is 5.13. The number of benzene rings is 1. The fraction of sp³-hybridized carbons (Fsp3) is 0.538. The van der Waals surface area contributed by atoms with Gasteiger partial charge in [0, 0.05) is 36.8 Å². The van der Waals surface area contributed by atoms with E-state index >= 15 is 0 Å². The lowest BCUT2D eigenvalue weighted by Gasteiger charge is -2.14. The second kappa shape index (κ2) is 6.84. The predicted octanol–water partition coefficient (Wildman–Crippen LogP) is 2.43. The van der Waals surface area contributed by atoms with Gasteiger partial charge in [0.2, 0.25) is 0 Å². The van der Waals surface area contributed by atoms with Gasteiger partial charge in [-0.3, -0.25) is 10.1 Å². The van der Waals surface area contributed by atoms with E-state index in [1.165, 1.54) is 38.1 Å². The molecule has 0 spiro atoms. The summed E-state index contributed by atoms with van der Waals surface area (Å²) in [6.07, 6.45) is 2.58. The van der Waals surface area contributed by atoms with E-state index in [1.807, 2.05) is 0 Å². The smallest absolute Gasteiger partial charge is 0.269 e. The van der Waals surface area contributed by atoms with Crippen molar-refractivity contribution in [2.75, 3.05) is 26.2 Å². The van der Waals surface area contributed by atoms with Crippen molar-refractivity contribution in [3.8, 4) is 0 Å². The average molecular weight is 284 g/mol. The lowest BCUT2D eigenvalue weighted by molar-refractivity contribution is -0.384. The molecular formula is C13H18ClN3O2. The third-order valence-corrected chi connectivity index (χ3v) is 3.73. The molecule has 0 atom stereocenters. The Morgan fingerprint density at radius 1 is 1.37 bits per heavy atom. The maximum absolute atomic E-state index is 10.7. The molecule has 1 aliphatic heterocycles. The quantitative estimate of drug-likeness (QED) is 0.495. The molecule has 0 aromatic heterocycles. The molecule has 0 amide bonds. The lowest BCUT2D eigenvalue weighted by Crippen LogP contribution is -2.29. The van der Waals surface area contributed by atoms with Gasteiger partial charge >= 0.3 is 0 Å². The summed E-state index contributed by atoms with van der Waals surface area (Å²) in [6, 6.07) is 4.54. The first-order valence-corrected chi connectivity index (χ1v) is 6.90. The highest BCUT2D eigenvalue weighted by Crippen LogP contribution is 2.21. The van der Waals surface area contributed by atoms with Crippen LogP contribution in [0.25, 0.3) is 0 Å². The summed E-state index contributed by atoms with van der Waals surface area (Å²) in [5, 5.41) is 14.6. The molecule has 1 aromatic carbocycles. The second-order valence-electron chi connectivity index (χ2n) is 4.76. The van der Waals surface area contributed by atoms with E-state index in [4.69, 9.17) is 11.6 Å². The van der Waals surface area contributed by atoms with Gasteiger partial charge in [0.15, 0.2) is 0 Å². The van der Waals surface area contributed by atoms with Crippen molar-refractivity contribution in [1.82, 2.24) is 10.2 Å². The van der Waals surface area contributed by atoms with Crippen LogP contribution < -0.4 is 5.32 Å². The van der Waals surface area contributed by atoms with Crippen LogP contribution >= 0.6 is 11.6 Å². The minimum atomic E-state index is -0.399. The normalized spacial score (nSPS) is 15.8. The van der Waals surface area contributed by atoms with E-state index in [2.05, 4.69) is 10.2 Å². The molecule has 2 rings (SSSR count). The Labute approximate surface area is 117 Å². The van der Waals surface area contributed by atoms with Gasteiger partial charge in [0.05, 0.1) is 4.92 Å². The van der Waals surface area contributed by atoms with Crippen molar-refractivity contribution < 1.29 is 4.92 Å². The van der Waals surface area contributed by atoms with Crippen molar-refractivity contribution in [2.45, 2.75) is 19.4 Å². The van der Waals surface area contributed by atoms with Crippen LogP contribution in [0.4, 0.5) is 5.69 Å². The zero-order valence-corrected chi connectivity index (χ0v) is 11.5. The predicted molar refractivity (Wildman–Crippen MR) is 75.5 cm³/mol. The summed E-state index contributed by atoms with van der Waals surface area (Å²) in [6.45, 7) is 4.82. The van der Waals surface area contributed by atoms with Crippen molar-refractivity contribution in [3.63, 3.8) is 0 Å². The number of nitrogens with one attached hydrogen (secondary N) is 1. The van der Waals surface area contributed by atoms with E-state index in [0.717, 1.165) is 18.7 Å². The molecule has 1 N–H and O–H groups in total. The number of hydrogen-bond acceptors (Lipinski definition) is 4. The van der Waals surface area contributed by atoms with Crippen molar-refractivity contribution >= 4 is 17.3 Å². The Hall–Kier alpha value is -1.17. The number of rotatable bonds is 6. The Morgan fingerprint density at radius 3 is 2.79 bits per heavy atom. The summed E-state index contributed by atoms with van der Waals surface area (Å²) >= 11 is 6.03. The molecule has 5 nitrogen and oxygen atoms in total. The van der Waals surface area contributed by atoms with Crippen LogP contribution in [-0.2, 0) is 6.54 Å². The maximum atomic E-state index is 10.7. The van der Waals surface area contributed by atoms with Gasteiger partial charge in [-0.05, 0) is 37.6 Å². The molecule has 1 saturated heterocycles. The number of nitrogens with zero attached hydrogens (tertiary/aromatic N) is 2. The van der Waals surface area contributed by atoms with Gasteiger partial charge in [0.1, 0.15) is 0 Å². The molecule has 0 saturated carbocycles. The first kappa shape index (κ1) is 14.2. The van der Waals surface area contributed by atoms with Gasteiger partial charge in [-0.2, -0.15) is 0 Å². The Morgan fingerprint density at radius 2 is 2.11 bits per heavy atom. The third kappa shape index (κ3) is 4.16. The highest BCUT2D eigenvalue weighted by molar-refractivity contribution is 6.31. The number of halogens is 1. The van der Waals surface area contributed by atoms with E-state index in [0.29, 0.717) is 11.6 Å². The SMILES string of the molecule is O=[N+]([O-])c1ccc(Cl)c(CNCCN2CCCC2)c1. The monoisotopic (exact) mass is 283 g/mol. The summed E-state index contributed by atoms with van der Waals surface area (Å²) in [5.41, 5.74) is 0.859. The second-order valence-corrected chi connectivity index (χ2v) is 5.17. The van der Waals surface area contributed by atoms with E-state index in [-0.39, 0.29) is 5.69 Å². The molecule has 1 aliphatic rings. The van der Waals surface area contributed by atoms with Crippen LogP contribution in [0, 0.1) is 10.1 Å². The molecule has 19 heavy (non-hydrogen) atoms. The van der Waals surface area contributed by atoms with Crippen LogP contribution in [0.1, 0.15) is 18.4 Å². The number of nitro groups is 1. The number of nitro benzene ring substituents is 1. The van der Waals surface area contributed by atoms with E-state index in [1.54, 1.807) is 6.07 Å². The minimum Gasteiger partial charge on any atom is -0.311 e. The zero-order valence-electron chi connectivity index (χ0n) is 10.8. The largest absolute Gasteiger partial charge is 0.311 e. The molecule has 0 bridgehead atoms. The topological polar surface area (TPSA) is 58.4 Å². The van der Waals surface area contributed by atoms with Crippen LogP contribution in [0.15, 0.2) is 18.2 Å². The van der Waals surface area contributed by atoms with Crippen LogP contribution in [0.5, 0.6) is 0 Å². The standard InChI is InChI=1S/C13H18ClN3O2/c14-13-4-3-12(17(18)19)9-11(13)10-15-5-8-16-6-1-2-7-16/h3-4,9,15H,1-2,5-8,10H2. The molecule has 0 radical (unpaired) electrons. The maximum Gasteiger partial charge on any atom is 0.269 e. The number of likely N-dealkylation sites (tertiary alicyclic amines) is 1. The molecular weight excluding hydrogens is 266 g/mol. The summed E-state index contributed by atoms with van der Waals surface area (Å²) in [4.78, 5) is 12.7. The van der Waals surface area contributed by atoms with Crippen molar-refractivity contribution in [3.05, 3.63) is 38.9 Å². The highest BCUT2D eigenvalue weighted by atomic mass is 35.5. The Bertz CT molecular complexity index is 448. The fourth-order valence-corrected chi connectivity index (χ4v) is 2.46. The number of hydrogen-bond donors (Lipinski definition) is 1. The summed E-state index contributed by atoms with van der Waals surface area (Å²) in [7, 11) is 0. The molecule has 1 fully saturated rings. The van der Waals surface area contributed by atoms with Crippen LogP contribution in [0.2, 0.25) is 5.02 Å². The van der Waals surface area contributed by atoms with Gasteiger partial charge in [-0.15, -0.1) is 0 Å². The van der Waals surface area contributed by atoms with Gasteiger partial charge in [-0.25, -0.2) is 0 Å². The van der Waals surface area contributed by atoms with Gasteiger partial charge < -0.3 is 10.2 Å². The molecule has 104 valence electrons. The van der Waals surface area contributed by atoms with Crippen molar-refractivity contribution in [2.24, 2.45) is 0 Å². The molecule has 0 aliphatic carbocycles. The minimum absolute atomic E-state index is 0.0840. The number of non-ortho nitro benzene ring substituents is 1. The third-order valence-electron chi connectivity index (χ3n) is 3.36. The molecule has 1 heterocycles. The molecule has 6 heteroatoms. The van der Waals surface area contributed by atoms with Crippen molar-refractivity contribution in [1.29, 1.82) is 0 Å². The summed E-state index contributed by atoms with van der Waals surface area (Å²) in [5.74, 6) is 0. The van der Waals surface area contributed by atoms with Gasteiger partial charge in [0.25, 0.3) is 5.69 Å². The highest BCUT2D eigenvalue weighted by Gasteiger charge is 2.11. The van der Waals surface area contributed by atoms with Gasteiger partial charge in [-0.1, -0.05) is 11.6 Å². The van der Waals surface area contributed by atoms with Crippen LogP contribution in [0.3, 0.4) is 0 Å².